The van der Waals surface area contributed by atoms with E-state index in [0.717, 1.165) is 11.3 Å². The standard InChI is InChI=1S/C12H12N2O2/c1-8-13-11(7-12(15)14-8)9-3-5-10(16-2)6-4-9/h3-7H,1-2H3,(H,13,14,15). The van der Waals surface area contributed by atoms with Gasteiger partial charge in [-0.15, -0.1) is 0 Å². The van der Waals surface area contributed by atoms with Gasteiger partial charge in [0.25, 0.3) is 0 Å². The Morgan fingerprint density at radius 2 is 1.81 bits per heavy atom. The van der Waals surface area contributed by atoms with Gasteiger partial charge >= 0.3 is 0 Å². The molecular weight excluding hydrogens is 204 g/mol. The summed E-state index contributed by atoms with van der Waals surface area (Å²) in [6.07, 6.45) is 0. The van der Waals surface area contributed by atoms with Gasteiger partial charge in [0.15, 0.2) is 0 Å². The second-order valence-electron chi connectivity index (χ2n) is 3.39. The molecule has 0 amide bonds. The van der Waals surface area contributed by atoms with E-state index in [4.69, 9.17) is 4.74 Å². The van der Waals surface area contributed by atoms with Gasteiger partial charge in [-0.3, -0.25) is 0 Å². The van der Waals surface area contributed by atoms with Crippen molar-refractivity contribution in [2.24, 2.45) is 0 Å². The van der Waals surface area contributed by atoms with Gasteiger partial charge in [-0.25, -0.2) is 4.98 Å². The lowest BCUT2D eigenvalue weighted by Gasteiger charge is -2.04. The summed E-state index contributed by atoms with van der Waals surface area (Å²) >= 11 is 0. The van der Waals surface area contributed by atoms with Crippen molar-refractivity contribution >= 4 is 0 Å². The van der Waals surface area contributed by atoms with E-state index in [9.17, 15) is 5.11 Å². The van der Waals surface area contributed by atoms with Crippen molar-refractivity contribution in [3.63, 3.8) is 0 Å². The van der Waals surface area contributed by atoms with Gasteiger partial charge in [-0.05, 0) is 31.2 Å². The maximum Gasteiger partial charge on any atom is 0.214 e. The Kier molecular flexibility index (Phi) is 2.72. The van der Waals surface area contributed by atoms with Crippen LogP contribution in [0.15, 0.2) is 30.3 Å². The Morgan fingerprint density at radius 3 is 2.38 bits per heavy atom. The van der Waals surface area contributed by atoms with E-state index in [-0.39, 0.29) is 5.88 Å². The molecule has 4 nitrogen and oxygen atoms in total. The maximum absolute atomic E-state index is 9.38. The van der Waals surface area contributed by atoms with Crippen LogP contribution in [0, 0.1) is 6.92 Å². The summed E-state index contributed by atoms with van der Waals surface area (Å²) in [4.78, 5) is 8.06. The number of methoxy groups -OCH3 is 1. The molecule has 0 bridgehead atoms. The fraction of sp³-hybridized carbons (Fsp3) is 0.167. The summed E-state index contributed by atoms with van der Waals surface area (Å²) < 4.78 is 5.07. The molecule has 2 aromatic rings. The minimum Gasteiger partial charge on any atom is -0.497 e. The zero-order valence-electron chi connectivity index (χ0n) is 9.14. The summed E-state index contributed by atoms with van der Waals surface area (Å²) in [6, 6.07) is 9.02. The van der Waals surface area contributed by atoms with Crippen LogP contribution in [0.1, 0.15) is 5.82 Å². The van der Waals surface area contributed by atoms with Crippen LogP contribution in [0.5, 0.6) is 11.6 Å². The van der Waals surface area contributed by atoms with Crippen molar-refractivity contribution < 1.29 is 9.84 Å². The molecule has 4 heteroatoms. The third-order valence-electron chi connectivity index (χ3n) is 2.21. The van der Waals surface area contributed by atoms with Crippen LogP contribution < -0.4 is 4.74 Å². The first-order valence-electron chi connectivity index (χ1n) is 4.88. The molecule has 82 valence electrons. The Balaban J connectivity index is 2.42. The third kappa shape index (κ3) is 2.11. The quantitative estimate of drug-likeness (QED) is 0.835. The lowest BCUT2D eigenvalue weighted by Crippen LogP contribution is -1.91. The number of hydrogen-bond donors (Lipinski definition) is 1. The fourth-order valence-corrected chi connectivity index (χ4v) is 1.46. The molecule has 1 aromatic carbocycles. The average molecular weight is 216 g/mol. The van der Waals surface area contributed by atoms with Crippen LogP contribution in [-0.2, 0) is 0 Å². The highest BCUT2D eigenvalue weighted by molar-refractivity contribution is 5.60. The van der Waals surface area contributed by atoms with Crippen LogP contribution in [0.4, 0.5) is 0 Å². The van der Waals surface area contributed by atoms with Gasteiger partial charge < -0.3 is 9.84 Å². The van der Waals surface area contributed by atoms with Gasteiger partial charge in [0.2, 0.25) is 5.88 Å². The minimum absolute atomic E-state index is 0.0154. The second-order valence-corrected chi connectivity index (χ2v) is 3.39. The monoisotopic (exact) mass is 216 g/mol. The number of aromatic hydroxyl groups is 1. The molecule has 16 heavy (non-hydrogen) atoms. The Morgan fingerprint density at radius 1 is 1.12 bits per heavy atom. The van der Waals surface area contributed by atoms with Crippen molar-refractivity contribution in [2.75, 3.05) is 7.11 Å². The van der Waals surface area contributed by atoms with Crippen LogP contribution in [-0.4, -0.2) is 22.2 Å². The molecule has 1 aromatic heterocycles. The molecule has 1 heterocycles. The highest BCUT2D eigenvalue weighted by Crippen LogP contribution is 2.22. The van der Waals surface area contributed by atoms with Gasteiger partial charge in [0, 0.05) is 11.6 Å². The number of rotatable bonds is 2. The SMILES string of the molecule is COc1ccc(-c2cc(O)nc(C)n2)cc1. The van der Waals surface area contributed by atoms with Gasteiger partial charge in [-0.1, -0.05) is 0 Å². The van der Waals surface area contributed by atoms with Crippen molar-refractivity contribution in [2.45, 2.75) is 6.92 Å². The molecule has 0 aliphatic carbocycles. The van der Waals surface area contributed by atoms with Gasteiger partial charge in [0.05, 0.1) is 12.8 Å². The maximum atomic E-state index is 9.38. The highest BCUT2D eigenvalue weighted by atomic mass is 16.5. The Hall–Kier alpha value is -2.10. The van der Waals surface area contributed by atoms with E-state index in [0.29, 0.717) is 11.5 Å². The molecule has 0 unspecified atom stereocenters. The van der Waals surface area contributed by atoms with Crippen LogP contribution >= 0.6 is 0 Å². The van der Waals surface area contributed by atoms with Crippen molar-refractivity contribution in [1.82, 2.24) is 9.97 Å². The number of nitrogens with zero attached hydrogens (tertiary/aromatic N) is 2. The Bertz CT molecular complexity index is 475. The van der Waals surface area contributed by atoms with Crippen molar-refractivity contribution in [3.8, 4) is 22.9 Å². The van der Waals surface area contributed by atoms with Crippen molar-refractivity contribution in [1.29, 1.82) is 0 Å². The molecule has 0 atom stereocenters. The van der Waals surface area contributed by atoms with E-state index >= 15 is 0 Å². The predicted octanol–water partition coefficient (Wildman–Crippen LogP) is 2.17. The largest absolute Gasteiger partial charge is 0.497 e. The summed E-state index contributed by atoms with van der Waals surface area (Å²) in [5.41, 5.74) is 1.62. The minimum atomic E-state index is -0.0154. The van der Waals surface area contributed by atoms with E-state index < -0.39 is 0 Å². The molecule has 0 saturated heterocycles. The number of benzene rings is 1. The van der Waals surface area contributed by atoms with Crippen LogP contribution in [0.3, 0.4) is 0 Å². The Labute approximate surface area is 93.6 Å². The third-order valence-corrected chi connectivity index (χ3v) is 2.21. The summed E-state index contributed by atoms with van der Waals surface area (Å²) in [6.45, 7) is 1.74. The van der Waals surface area contributed by atoms with E-state index in [2.05, 4.69) is 9.97 Å². The van der Waals surface area contributed by atoms with Gasteiger partial charge in [0.1, 0.15) is 11.6 Å². The fourth-order valence-electron chi connectivity index (χ4n) is 1.46. The van der Waals surface area contributed by atoms with E-state index in [1.54, 1.807) is 14.0 Å². The molecule has 0 saturated carbocycles. The van der Waals surface area contributed by atoms with E-state index in [1.165, 1.54) is 6.07 Å². The molecule has 0 radical (unpaired) electrons. The number of aryl methyl sites for hydroxylation is 1. The molecule has 0 aliphatic rings. The first-order valence-corrected chi connectivity index (χ1v) is 4.88. The first kappa shape index (κ1) is 10.4. The number of ether oxygens (including phenoxy) is 1. The lowest BCUT2D eigenvalue weighted by atomic mass is 10.1. The average Bonchev–Trinajstić information content (AvgIpc) is 2.28. The first-order chi connectivity index (χ1) is 7.69. The highest BCUT2D eigenvalue weighted by Gasteiger charge is 2.03. The van der Waals surface area contributed by atoms with Crippen LogP contribution in [0.2, 0.25) is 0 Å². The number of hydrogen-bond acceptors (Lipinski definition) is 4. The lowest BCUT2D eigenvalue weighted by molar-refractivity contribution is 0.415. The summed E-state index contributed by atoms with van der Waals surface area (Å²) in [5.74, 6) is 1.32. The molecule has 0 spiro atoms. The van der Waals surface area contributed by atoms with Gasteiger partial charge in [-0.2, -0.15) is 4.98 Å². The zero-order valence-corrected chi connectivity index (χ0v) is 9.14. The normalized spacial score (nSPS) is 10.1. The van der Waals surface area contributed by atoms with Crippen LogP contribution in [0.25, 0.3) is 11.3 Å². The molecule has 0 aliphatic heterocycles. The molecule has 2 rings (SSSR count). The molecule has 1 N–H and O–H groups in total. The topological polar surface area (TPSA) is 55.2 Å². The van der Waals surface area contributed by atoms with Crippen molar-refractivity contribution in [3.05, 3.63) is 36.2 Å². The predicted molar refractivity (Wildman–Crippen MR) is 60.4 cm³/mol. The smallest absolute Gasteiger partial charge is 0.214 e. The molecule has 0 fully saturated rings. The zero-order chi connectivity index (χ0) is 11.5. The summed E-state index contributed by atoms with van der Waals surface area (Å²) in [7, 11) is 1.62. The molecular formula is C12H12N2O2. The van der Waals surface area contributed by atoms with E-state index in [1.807, 2.05) is 24.3 Å². The second kappa shape index (κ2) is 4.18. The number of aromatic nitrogens is 2. The summed E-state index contributed by atoms with van der Waals surface area (Å²) in [5, 5.41) is 9.38.